The molecule has 1 rings (SSSR count). The van der Waals surface area contributed by atoms with Crippen LogP contribution < -0.4 is 5.73 Å². The van der Waals surface area contributed by atoms with Gasteiger partial charge in [-0.1, -0.05) is 6.92 Å². The van der Waals surface area contributed by atoms with E-state index < -0.39 is 0 Å². The van der Waals surface area contributed by atoms with Crippen LogP contribution in [0.5, 0.6) is 0 Å². The van der Waals surface area contributed by atoms with Crippen LogP contribution in [-0.4, -0.2) is 48.6 Å². The van der Waals surface area contributed by atoms with Gasteiger partial charge in [0.25, 0.3) is 0 Å². The van der Waals surface area contributed by atoms with Gasteiger partial charge in [-0.3, -0.25) is 0 Å². The summed E-state index contributed by atoms with van der Waals surface area (Å²) in [5, 5.41) is 0. The molecule has 76 valence electrons. The SMILES string of the molecule is CCC1CN(C)CCCN1C(N)=O. The maximum absolute atomic E-state index is 11.1. The maximum Gasteiger partial charge on any atom is 0.315 e. The molecule has 0 radical (unpaired) electrons. The Hall–Kier alpha value is -0.770. The molecule has 0 spiro atoms. The number of amides is 2. The highest BCUT2D eigenvalue weighted by atomic mass is 16.2. The van der Waals surface area contributed by atoms with Crippen LogP contribution in [-0.2, 0) is 0 Å². The van der Waals surface area contributed by atoms with Gasteiger partial charge in [0, 0.05) is 19.1 Å². The van der Waals surface area contributed by atoms with E-state index in [1.165, 1.54) is 0 Å². The van der Waals surface area contributed by atoms with Gasteiger partial charge in [0.05, 0.1) is 0 Å². The highest BCUT2D eigenvalue weighted by Gasteiger charge is 2.23. The standard InChI is InChI=1S/C9H19N3O/c1-3-8-7-11(2)5-4-6-12(8)9(10)13/h8H,3-7H2,1-2H3,(H2,10,13). The van der Waals surface area contributed by atoms with Crippen LogP contribution in [0.4, 0.5) is 4.79 Å². The summed E-state index contributed by atoms with van der Waals surface area (Å²) in [4.78, 5) is 15.2. The van der Waals surface area contributed by atoms with Crippen molar-refractivity contribution in [3.8, 4) is 0 Å². The summed E-state index contributed by atoms with van der Waals surface area (Å²) in [6, 6.07) is 0.0205. The lowest BCUT2D eigenvalue weighted by Crippen LogP contribution is -2.46. The Bertz CT molecular complexity index is 184. The number of carbonyl (C=O) groups excluding carboxylic acids is 1. The summed E-state index contributed by atoms with van der Waals surface area (Å²) in [6.45, 7) is 4.90. The van der Waals surface area contributed by atoms with Crippen molar-refractivity contribution in [2.75, 3.05) is 26.7 Å². The first-order chi connectivity index (χ1) is 6.15. The van der Waals surface area contributed by atoms with Crippen molar-refractivity contribution in [3.05, 3.63) is 0 Å². The number of carbonyl (C=O) groups is 1. The summed E-state index contributed by atoms with van der Waals surface area (Å²) in [6.07, 6.45) is 2.00. The molecule has 4 nitrogen and oxygen atoms in total. The van der Waals surface area contributed by atoms with Crippen LogP contribution in [0, 0.1) is 0 Å². The smallest absolute Gasteiger partial charge is 0.315 e. The second-order valence-electron chi connectivity index (χ2n) is 3.71. The molecule has 4 heteroatoms. The Morgan fingerprint density at radius 2 is 2.23 bits per heavy atom. The second kappa shape index (κ2) is 4.46. The summed E-state index contributed by atoms with van der Waals surface area (Å²) >= 11 is 0. The van der Waals surface area contributed by atoms with Crippen molar-refractivity contribution in [1.29, 1.82) is 0 Å². The van der Waals surface area contributed by atoms with Crippen LogP contribution >= 0.6 is 0 Å². The number of hydrogen-bond donors (Lipinski definition) is 1. The van der Waals surface area contributed by atoms with E-state index >= 15 is 0 Å². The molecular weight excluding hydrogens is 166 g/mol. The molecule has 2 N–H and O–H groups in total. The fraction of sp³-hybridized carbons (Fsp3) is 0.889. The molecule has 0 bridgehead atoms. The maximum atomic E-state index is 11.1. The summed E-state index contributed by atoms with van der Waals surface area (Å²) in [5.41, 5.74) is 5.32. The summed E-state index contributed by atoms with van der Waals surface area (Å²) in [5.74, 6) is 0. The van der Waals surface area contributed by atoms with E-state index in [1.807, 2.05) is 0 Å². The van der Waals surface area contributed by atoms with E-state index in [0.29, 0.717) is 6.04 Å². The van der Waals surface area contributed by atoms with E-state index in [1.54, 1.807) is 4.90 Å². The molecule has 13 heavy (non-hydrogen) atoms. The lowest BCUT2D eigenvalue weighted by Gasteiger charge is -2.28. The zero-order valence-corrected chi connectivity index (χ0v) is 8.49. The normalized spacial score (nSPS) is 25.7. The quantitative estimate of drug-likeness (QED) is 0.646. The molecule has 1 heterocycles. The van der Waals surface area contributed by atoms with Crippen LogP contribution in [0.1, 0.15) is 19.8 Å². The number of nitrogens with two attached hydrogens (primary N) is 1. The molecule has 1 unspecified atom stereocenters. The van der Waals surface area contributed by atoms with Crippen molar-refractivity contribution in [1.82, 2.24) is 9.80 Å². The van der Waals surface area contributed by atoms with Gasteiger partial charge in [-0.15, -0.1) is 0 Å². The molecule has 0 aliphatic carbocycles. The molecule has 0 aromatic rings. The van der Waals surface area contributed by atoms with Gasteiger partial charge in [-0.05, 0) is 26.4 Å². The predicted molar refractivity (Wildman–Crippen MR) is 52.5 cm³/mol. The van der Waals surface area contributed by atoms with E-state index in [-0.39, 0.29) is 6.03 Å². The molecule has 1 saturated heterocycles. The van der Waals surface area contributed by atoms with Gasteiger partial charge in [0.15, 0.2) is 0 Å². The van der Waals surface area contributed by atoms with E-state index in [0.717, 1.165) is 32.5 Å². The van der Waals surface area contributed by atoms with Crippen LogP contribution in [0.15, 0.2) is 0 Å². The molecule has 0 aromatic carbocycles. The van der Waals surface area contributed by atoms with Gasteiger partial charge in [-0.25, -0.2) is 4.79 Å². The lowest BCUT2D eigenvalue weighted by molar-refractivity contribution is 0.178. The van der Waals surface area contributed by atoms with Gasteiger partial charge < -0.3 is 15.5 Å². The van der Waals surface area contributed by atoms with Crippen molar-refractivity contribution in [3.63, 3.8) is 0 Å². The molecule has 0 aromatic heterocycles. The average molecular weight is 185 g/mol. The third-order valence-corrected chi connectivity index (χ3v) is 2.66. The zero-order valence-electron chi connectivity index (χ0n) is 8.49. The number of nitrogens with zero attached hydrogens (tertiary/aromatic N) is 2. The topological polar surface area (TPSA) is 49.6 Å². The van der Waals surface area contributed by atoms with Gasteiger partial charge >= 0.3 is 6.03 Å². The Kier molecular flexibility index (Phi) is 3.54. The largest absolute Gasteiger partial charge is 0.351 e. The molecule has 1 atom stereocenters. The number of primary amides is 1. The third-order valence-electron chi connectivity index (χ3n) is 2.66. The number of urea groups is 1. The molecule has 0 saturated carbocycles. The Labute approximate surface area is 79.7 Å². The number of likely N-dealkylation sites (N-methyl/N-ethyl adjacent to an activating group) is 1. The van der Waals surface area contributed by atoms with Gasteiger partial charge in [-0.2, -0.15) is 0 Å². The predicted octanol–water partition coefficient (Wildman–Crippen LogP) is 0.481. The Morgan fingerprint density at radius 3 is 2.77 bits per heavy atom. The Morgan fingerprint density at radius 1 is 1.54 bits per heavy atom. The Balaban J connectivity index is 2.64. The first-order valence-corrected chi connectivity index (χ1v) is 4.89. The first kappa shape index (κ1) is 10.3. The lowest BCUT2D eigenvalue weighted by atomic mass is 10.2. The van der Waals surface area contributed by atoms with Gasteiger partial charge in [0.2, 0.25) is 0 Å². The van der Waals surface area contributed by atoms with Crippen molar-refractivity contribution in [2.45, 2.75) is 25.8 Å². The minimum Gasteiger partial charge on any atom is -0.351 e. The van der Waals surface area contributed by atoms with Crippen molar-refractivity contribution < 1.29 is 4.79 Å². The monoisotopic (exact) mass is 185 g/mol. The molecule has 2 amide bonds. The highest BCUT2D eigenvalue weighted by molar-refractivity contribution is 5.72. The minimum atomic E-state index is -0.276. The van der Waals surface area contributed by atoms with Crippen molar-refractivity contribution >= 4 is 6.03 Å². The highest BCUT2D eigenvalue weighted by Crippen LogP contribution is 2.10. The fourth-order valence-electron chi connectivity index (χ4n) is 1.88. The fourth-order valence-corrected chi connectivity index (χ4v) is 1.88. The molecule has 1 aliphatic heterocycles. The number of hydrogen-bond acceptors (Lipinski definition) is 2. The van der Waals surface area contributed by atoms with Crippen LogP contribution in [0.25, 0.3) is 0 Å². The third kappa shape index (κ3) is 2.59. The van der Waals surface area contributed by atoms with Gasteiger partial charge in [0.1, 0.15) is 0 Å². The summed E-state index contributed by atoms with van der Waals surface area (Å²) < 4.78 is 0. The van der Waals surface area contributed by atoms with E-state index in [9.17, 15) is 4.79 Å². The van der Waals surface area contributed by atoms with Crippen LogP contribution in [0.3, 0.4) is 0 Å². The number of rotatable bonds is 1. The molecule has 1 aliphatic rings. The zero-order chi connectivity index (χ0) is 9.84. The van der Waals surface area contributed by atoms with Crippen molar-refractivity contribution in [2.24, 2.45) is 5.73 Å². The van der Waals surface area contributed by atoms with Crippen LogP contribution in [0.2, 0.25) is 0 Å². The molecular formula is C9H19N3O. The molecule has 1 fully saturated rings. The first-order valence-electron chi connectivity index (χ1n) is 4.89. The minimum absolute atomic E-state index is 0.276. The average Bonchev–Trinajstić information content (AvgIpc) is 2.26. The summed E-state index contributed by atoms with van der Waals surface area (Å²) in [7, 11) is 2.09. The van der Waals surface area contributed by atoms with E-state index in [2.05, 4.69) is 18.9 Å². The van der Waals surface area contributed by atoms with E-state index in [4.69, 9.17) is 5.73 Å². The second-order valence-corrected chi connectivity index (χ2v) is 3.71.